The fourth-order valence-electron chi connectivity index (χ4n) is 2.70. The van der Waals surface area contributed by atoms with Crippen LogP contribution in [-0.2, 0) is 0 Å². The molecule has 0 heterocycles. The van der Waals surface area contributed by atoms with Gasteiger partial charge in [-0.05, 0) is 30.9 Å². The van der Waals surface area contributed by atoms with Crippen molar-refractivity contribution in [1.82, 2.24) is 4.90 Å². The first kappa shape index (κ1) is 16.1. The first-order valence-corrected chi connectivity index (χ1v) is 7.69. The second-order valence-electron chi connectivity index (χ2n) is 6.20. The molecule has 1 unspecified atom stereocenters. The van der Waals surface area contributed by atoms with E-state index in [1.165, 1.54) is 12.8 Å². The van der Waals surface area contributed by atoms with Crippen molar-refractivity contribution in [1.29, 1.82) is 0 Å². The van der Waals surface area contributed by atoms with Gasteiger partial charge in [0.2, 0.25) is 0 Å². The summed E-state index contributed by atoms with van der Waals surface area (Å²) in [4.78, 5) is 2.40. The summed E-state index contributed by atoms with van der Waals surface area (Å²) in [5.41, 5.74) is 0.827. The van der Waals surface area contributed by atoms with Gasteiger partial charge in [-0.2, -0.15) is 0 Å². The Kier molecular flexibility index (Phi) is 5.48. The van der Waals surface area contributed by atoms with Gasteiger partial charge in [-0.15, -0.1) is 0 Å². The minimum atomic E-state index is -0.537. The number of aliphatic hydroxyl groups is 1. The van der Waals surface area contributed by atoms with E-state index in [1.807, 2.05) is 18.2 Å². The number of rotatable bonds is 8. The molecule has 1 aliphatic carbocycles. The number of hydrogen-bond donors (Lipinski definition) is 1. The Hall–Kier alpha value is -1.26. The van der Waals surface area contributed by atoms with E-state index in [2.05, 4.69) is 18.7 Å². The van der Waals surface area contributed by atoms with Crippen LogP contribution in [0.1, 0.15) is 38.4 Å². The predicted molar refractivity (Wildman–Crippen MR) is 83.9 cm³/mol. The van der Waals surface area contributed by atoms with Gasteiger partial charge >= 0.3 is 0 Å². The standard InChI is InChI=1S/C17H27NO3/c1-12(2)10-18(13-5-6-13)11-16(19)15-8-7-14(20-3)9-17(15)21-4/h7-9,12-13,16,19H,5-6,10-11H2,1-4H3. The third-order valence-corrected chi connectivity index (χ3v) is 3.87. The van der Waals surface area contributed by atoms with Crippen LogP contribution in [-0.4, -0.2) is 43.4 Å². The maximum atomic E-state index is 10.6. The van der Waals surface area contributed by atoms with Crippen LogP contribution in [0.3, 0.4) is 0 Å². The Morgan fingerprint density at radius 2 is 1.90 bits per heavy atom. The molecule has 2 rings (SSSR count). The second kappa shape index (κ2) is 7.14. The molecule has 1 aromatic rings. The summed E-state index contributed by atoms with van der Waals surface area (Å²) < 4.78 is 10.6. The maximum Gasteiger partial charge on any atom is 0.128 e. The molecule has 21 heavy (non-hydrogen) atoms. The van der Waals surface area contributed by atoms with Crippen molar-refractivity contribution in [2.24, 2.45) is 5.92 Å². The van der Waals surface area contributed by atoms with Crippen LogP contribution in [0.2, 0.25) is 0 Å². The van der Waals surface area contributed by atoms with Crippen molar-refractivity contribution in [2.75, 3.05) is 27.3 Å². The van der Waals surface area contributed by atoms with Crippen molar-refractivity contribution >= 4 is 0 Å². The third-order valence-electron chi connectivity index (χ3n) is 3.87. The van der Waals surface area contributed by atoms with E-state index >= 15 is 0 Å². The molecule has 0 aromatic heterocycles. The van der Waals surface area contributed by atoms with Gasteiger partial charge in [-0.25, -0.2) is 0 Å². The summed E-state index contributed by atoms with van der Waals surface area (Å²) in [7, 11) is 3.25. The molecule has 4 nitrogen and oxygen atoms in total. The van der Waals surface area contributed by atoms with Gasteiger partial charge in [0.15, 0.2) is 0 Å². The zero-order chi connectivity index (χ0) is 15.4. The van der Waals surface area contributed by atoms with Gasteiger partial charge in [-0.1, -0.05) is 13.8 Å². The molecular formula is C17H27NO3. The zero-order valence-electron chi connectivity index (χ0n) is 13.5. The summed E-state index contributed by atoms with van der Waals surface area (Å²) in [6.07, 6.45) is 1.96. The minimum Gasteiger partial charge on any atom is -0.497 e. The van der Waals surface area contributed by atoms with Crippen LogP contribution in [0.5, 0.6) is 11.5 Å². The average molecular weight is 293 g/mol. The van der Waals surface area contributed by atoms with E-state index in [4.69, 9.17) is 9.47 Å². The summed E-state index contributed by atoms with van der Waals surface area (Å²) in [5, 5.41) is 10.6. The molecule has 1 aromatic carbocycles. The summed E-state index contributed by atoms with van der Waals surface area (Å²) in [6, 6.07) is 6.22. The lowest BCUT2D eigenvalue weighted by Gasteiger charge is -2.27. The fourth-order valence-corrected chi connectivity index (χ4v) is 2.70. The molecule has 4 heteroatoms. The van der Waals surface area contributed by atoms with Crippen molar-refractivity contribution in [3.63, 3.8) is 0 Å². The molecule has 0 saturated heterocycles. The first-order chi connectivity index (χ1) is 10.0. The van der Waals surface area contributed by atoms with E-state index in [1.54, 1.807) is 14.2 Å². The van der Waals surface area contributed by atoms with Crippen molar-refractivity contribution in [3.8, 4) is 11.5 Å². The number of nitrogens with zero attached hydrogens (tertiary/aromatic N) is 1. The third kappa shape index (κ3) is 4.35. The Morgan fingerprint density at radius 1 is 1.19 bits per heavy atom. The van der Waals surface area contributed by atoms with Gasteiger partial charge in [0.25, 0.3) is 0 Å². The molecule has 0 bridgehead atoms. The number of hydrogen-bond acceptors (Lipinski definition) is 4. The predicted octanol–water partition coefficient (Wildman–Crippen LogP) is 2.86. The van der Waals surface area contributed by atoms with Crippen LogP contribution in [0.4, 0.5) is 0 Å². The van der Waals surface area contributed by atoms with Gasteiger partial charge in [0.1, 0.15) is 11.5 Å². The molecule has 118 valence electrons. The molecule has 0 amide bonds. The monoisotopic (exact) mass is 293 g/mol. The van der Waals surface area contributed by atoms with Gasteiger partial charge in [0.05, 0.1) is 20.3 Å². The van der Waals surface area contributed by atoms with E-state index < -0.39 is 6.10 Å². The van der Waals surface area contributed by atoms with Crippen LogP contribution in [0, 0.1) is 5.92 Å². The van der Waals surface area contributed by atoms with Crippen molar-refractivity contribution in [3.05, 3.63) is 23.8 Å². The zero-order valence-corrected chi connectivity index (χ0v) is 13.5. The van der Waals surface area contributed by atoms with Gasteiger partial charge < -0.3 is 14.6 Å². The van der Waals surface area contributed by atoms with E-state index in [0.29, 0.717) is 24.3 Å². The van der Waals surface area contributed by atoms with Crippen LogP contribution in [0.15, 0.2) is 18.2 Å². The Morgan fingerprint density at radius 3 is 2.43 bits per heavy atom. The summed E-state index contributed by atoms with van der Waals surface area (Å²) in [6.45, 7) is 6.12. The molecule has 0 radical (unpaired) electrons. The van der Waals surface area contributed by atoms with Crippen molar-refractivity contribution in [2.45, 2.75) is 38.8 Å². The smallest absolute Gasteiger partial charge is 0.128 e. The molecule has 0 spiro atoms. The first-order valence-electron chi connectivity index (χ1n) is 7.69. The molecule has 1 aliphatic rings. The molecule has 1 atom stereocenters. The van der Waals surface area contributed by atoms with E-state index in [-0.39, 0.29) is 0 Å². The topological polar surface area (TPSA) is 41.9 Å². The highest BCUT2D eigenvalue weighted by atomic mass is 16.5. The fraction of sp³-hybridized carbons (Fsp3) is 0.647. The molecular weight excluding hydrogens is 266 g/mol. The minimum absolute atomic E-state index is 0.537. The van der Waals surface area contributed by atoms with Gasteiger partial charge in [-0.3, -0.25) is 4.90 Å². The highest BCUT2D eigenvalue weighted by Gasteiger charge is 2.31. The number of methoxy groups -OCH3 is 2. The Labute approximate surface area is 127 Å². The quantitative estimate of drug-likeness (QED) is 0.800. The van der Waals surface area contributed by atoms with E-state index in [9.17, 15) is 5.11 Å². The largest absolute Gasteiger partial charge is 0.497 e. The average Bonchev–Trinajstić information content (AvgIpc) is 3.29. The lowest BCUT2D eigenvalue weighted by atomic mass is 10.1. The lowest BCUT2D eigenvalue weighted by Crippen LogP contribution is -2.34. The van der Waals surface area contributed by atoms with E-state index in [0.717, 1.165) is 17.9 Å². The normalized spacial score (nSPS) is 16.3. The van der Waals surface area contributed by atoms with Crippen LogP contribution < -0.4 is 9.47 Å². The number of aliphatic hydroxyl groups excluding tert-OH is 1. The number of benzene rings is 1. The molecule has 0 aliphatic heterocycles. The van der Waals surface area contributed by atoms with Crippen LogP contribution >= 0.6 is 0 Å². The summed E-state index contributed by atoms with van der Waals surface area (Å²) >= 11 is 0. The van der Waals surface area contributed by atoms with Gasteiger partial charge in [0, 0.05) is 30.8 Å². The van der Waals surface area contributed by atoms with Crippen LogP contribution in [0.25, 0.3) is 0 Å². The van der Waals surface area contributed by atoms with Crippen molar-refractivity contribution < 1.29 is 14.6 Å². The highest BCUT2D eigenvalue weighted by Crippen LogP contribution is 2.33. The second-order valence-corrected chi connectivity index (χ2v) is 6.20. The Bertz CT molecular complexity index is 457. The Balaban J connectivity index is 2.09. The molecule has 1 fully saturated rings. The molecule has 1 N–H and O–H groups in total. The SMILES string of the molecule is COc1ccc(C(O)CN(CC(C)C)C2CC2)c(OC)c1. The molecule has 1 saturated carbocycles. The summed E-state index contributed by atoms with van der Waals surface area (Å²) in [5.74, 6) is 2.03. The number of ether oxygens (including phenoxy) is 2. The lowest BCUT2D eigenvalue weighted by molar-refractivity contribution is 0.0991. The highest BCUT2D eigenvalue weighted by molar-refractivity contribution is 5.42. The maximum absolute atomic E-state index is 10.6.